The number of benzene rings is 1. The van der Waals surface area contributed by atoms with E-state index in [1.165, 1.54) is 0 Å². The molecule has 1 aliphatic rings. The van der Waals surface area contributed by atoms with Gasteiger partial charge in [0.2, 0.25) is 0 Å². The molecule has 0 aliphatic heterocycles. The lowest BCUT2D eigenvalue weighted by Gasteiger charge is -2.25. The molecular weight excluding hydrogens is 415 g/mol. The number of hydrogen-bond acceptors (Lipinski definition) is 5. The zero-order chi connectivity index (χ0) is 21.3. The Kier molecular flexibility index (Phi) is 5.64. The van der Waals surface area contributed by atoms with Crippen LogP contribution in [0.2, 0.25) is 0 Å². The van der Waals surface area contributed by atoms with E-state index in [4.69, 9.17) is 0 Å². The summed E-state index contributed by atoms with van der Waals surface area (Å²) in [6.07, 6.45) is -2.18. The minimum Gasteiger partial charge on any atom is -0.481 e. The molecular formula is C21H20F3N3O2S. The fraction of sp³-hybridized carbons (Fsp3) is 0.381. The number of halogens is 3. The second-order valence-corrected chi connectivity index (χ2v) is 8.51. The third-order valence-corrected chi connectivity index (χ3v) is 6.51. The molecule has 0 spiro atoms. The molecule has 0 atom stereocenters. The van der Waals surface area contributed by atoms with Crippen LogP contribution in [0, 0.1) is 5.92 Å². The predicted octanol–water partition coefficient (Wildman–Crippen LogP) is 5.68. The van der Waals surface area contributed by atoms with Gasteiger partial charge in [0, 0.05) is 12.5 Å². The Morgan fingerprint density at radius 1 is 1.13 bits per heavy atom. The number of thiophene rings is 1. The van der Waals surface area contributed by atoms with Crippen molar-refractivity contribution in [2.24, 2.45) is 5.92 Å². The van der Waals surface area contributed by atoms with Crippen LogP contribution >= 0.6 is 11.3 Å². The van der Waals surface area contributed by atoms with E-state index in [1.54, 1.807) is 0 Å². The van der Waals surface area contributed by atoms with E-state index in [0.717, 1.165) is 11.6 Å². The lowest BCUT2D eigenvalue weighted by molar-refractivity contribution is -0.142. The van der Waals surface area contributed by atoms with E-state index >= 15 is 0 Å². The van der Waals surface area contributed by atoms with Crippen molar-refractivity contribution in [3.05, 3.63) is 52.7 Å². The van der Waals surface area contributed by atoms with Gasteiger partial charge in [-0.05, 0) is 37.3 Å². The maximum absolute atomic E-state index is 13.3. The number of alkyl halides is 3. The number of aromatic nitrogens is 2. The fourth-order valence-corrected chi connectivity index (χ4v) is 4.68. The minimum atomic E-state index is -4.44. The van der Waals surface area contributed by atoms with Crippen molar-refractivity contribution >= 4 is 33.3 Å². The lowest BCUT2D eigenvalue weighted by Crippen LogP contribution is -2.21. The van der Waals surface area contributed by atoms with Gasteiger partial charge in [0.1, 0.15) is 21.3 Å². The number of anilines is 1. The highest BCUT2D eigenvalue weighted by atomic mass is 32.1. The first-order valence-corrected chi connectivity index (χ1v) is 10.5. The summed E-state index contributed by atoms with van der Waals surface area (Å²) in [4.78, 5) is 19.8. The summed E-state index contributed by atoms with van der Waals surface area (Å²) in [5, 5.41) is 12.7. The molecule has 2 heterocycles. The normalized spacial score (nSPS) is 19.7. The van der Waals surface area contributed by atoms with Gasteiger partial charge in [-0.2, -0.15) is 13.2 Å². The number of nitrogens with one attached hydrogen (secondary N) is 1. The van der Waals surface area contributed by atoms with E-state index in [2.05, 4.69) is 15.3 Å². The van der Waals surface area contributed by atoms with Gasteiger partial charge in [0.05, 0.1) is 11.3 Å². The van der Waals surface area contributed by atoms with Crippen molar-refractivity contribution < 1.29 is 23.1 Å². The number of aliphatic carboxylic acids is 1. The molecule has 1 fully saturated rings. The molecule has 0 saturated heterocycles. The molecule has 0 unspecified atom stereocenters. The summed E-state index contributed by atoms with van der Waals surface area (Å²) in [5.74, 6) is -0.371. The molecule has 0 bridgehead atoms. The Morgan fingerprint density at radius 3 is 2.47 bits per heavy atom. The highest BCUT2D eigenvalue weighted by Gasteiger charge is 2.34. The van der Waals surface area contributed by atoms with Crippen LogP contribution in [0.25, 0.3) is 10.2 Å². The van der Waals surface area contributed by atoms with Gasteiger partial charge in [-0.15, -0.1) is 11.3 Å². The first-order chi connectivity index (χ1) is 14.3. The van der Waals surface area contributed by atoms with Crippen molar-refractivity contribution in [1.29, 1.82) is 0 Å². The maximum atomic E-state index is 13.3. The van der Waals surface area contributed by atoms with Gasteiger partial charge in [-0.3, -0.25) is 4.79 Å². The smallest absolute Gasteiger partial charge is 0.425 e. The lowest BCUT2D eigenvalue weighted by atomic mass is 9.81. The second kappa shape index (κ2) is 8.22. The van der Waals surface area contributed by atoms with Gasteiger partial charge in [0.15, 0.2) is 0 Å². The van der Waals surface area contributed by atoms with Crippen molar-refractivity contribution in [3.8, 4) is 0 Å². The van der Waals surface area contributed by atoms with E-state index < -0.39 is 17.0 Å². The van der Waals surface area contributed by atoms with Crippen molar-refractivity contribution in [3.63, 3.8) is 0 Å². The van der Waals surface area contributed by atoms with Gasteiger partial charge in [-0.1, -0.05) is 30.3 Å². The molecule has 0 amide bonds. The monoisotopic (exact) mass is 435 g/mol. The second-order valence-electron chi connectivity index (χ2n) is 7.48. The van der Waals surface area contributed by atoms with Gasteiger partial charge < -0.3 is 10.4 Å². The van der Waals surface area contributed by atoms with Gasteiger partial charge in [0.25, 0.3) is 0 Å². The summed E-state index contributed by atoms with van der Waals surface area (Å²) in [7, 11) is 0. The van der Waals surface area contributed by atoms with Gasteiger partial charge in [-0.25, -0.2) is 9.97 Å². The Bertz CT molecular complexity index is 1040. The molecule has 2 aromatic heterocycles. The third-order valence-electron chi connectivity index (χ3n) is 5.43. The topological polar surface area (TPSA) is 75.1 Å². The number of carbonyl (C=O) groups is 1. The number of carboxylic acid groups (broad SMARTS) is 1. The summed E-state index contributed by atoms with van der Waals surface area (Å²) in [6, 6.07) is 10.6. The quantitative estimate of drug-likeness (QED) is 0.539. The van der Waals surface area contributed by atoms with Gasteiger partial charge >= 0.3 is 12.1 Å². The third kappa shape index (κ3) is 4.40. The van der Waals surface area contributed by atoms with Crippen LogP contribution in [-0.4, -0.2) is 21.0 Å². The van der Waals surface area contributed by atoms with Crippen LogP contribution in [-0.2, 0) is 17.5 Å². The Balaban J connectivity index is 1.66. The molecule has 2 N–H and O–H groups in total. The average molecular weight is 435 g/mol. The molecule has 30 heavy (non-hydrogen) atoms. The van der Waals surface area contributed by atoms with Crippen LogP contribution < -0.4 is 5.32 Å². The number of carboxylic acids is 1. The SMILES string of the molecule is O=C(O)C1CCC(c2nc(NCc3ccccc3)c3cc(C(F)(F)F)sc3n2)CC1. The van der Waals surface area contributed by atoms with E-state index in [1.807, 2.05) is 30.3 Å². The summed E-state index contributed by atoms with van der Waals surface area (Å²) in [6.45, 7) is 0.426. The van der Waals surface area contributed by atoms with E-state index in [0.29, 0.717) is 65.4 Å². The highest BCUT2D eigenvalue weighted by molar-refractivity contribution is 7.18. The van der Waals surface area contributed by atoms with Crippen LogP contribution in [0.1, 0.15) is 47.9 Å². The van der Waals surface area contributed by atoms with Crippen LogP contribution in [0.15, 0.2) is 36.4 Å². The molecule has 3 aromatic rings. The molecule has 1 aliphatic carbocycles. The van der Waals surface area contributed by atoms with Crippen LogP contribution in [0.3, 0.4) is 0 Å². The summed E-state index contributed by atoms with van der Waals surface area (Å²) < 4.78 is 39.8. The highest BCUT2D eigenvalue weighted by Crippen LogP contribution is 2.41. The molecule has 5 nitrogen and oxygen atoms in total. The Hall–Kier alpha value is -2.68. The zero-order valence-corrected chi connectivity index (χ0v) is 16.8. The maximum Gasteiger partial charge on any atom is 0.425 e. The minimum absolute atomic E-state index is 0.0567. The van der Waals surface area contributed by atoms with Crippen LogP contribution in [0.5, 0.6) is 0 Å². The van der Waals surface area contributed by atoms with E-state index in [9.17, 15) is 23.1 Å². The first-order valence-electron chi connectivity index (χ1n) is 9.70. The molecule has 158 valence electrons. The zero-order valence-electron chi connectivity index (χ0n) is 15.9. The molecule has 0 radical (unpaired) electrons. The Morgan fingerprint density at radius 2 is 1.83 bits per heavy atom. The van der Waals surface area contributed by atoms with E-state index in [-0.39, 0.29) is 11.8 Å². The van der Waals surface area contributed by atoms with Crippen molar-refractivity contribution in [2.45, 2.75) is 44.3 Å². The van der Waals surface area contributed by atoms with Crippen molar-refractivity contribution in [2.75, 3.05) is 5.32 Å². The van der Waals surface area contributed by atoms with Crippen LogP contribution in [0.4, 0.5) is 19.0 Å². The fourth-order valence-electron chi connectivity index (χ4n) is 3.78. The standard InChI is InChI=1S/C21H20F3N3O2S/c22-21(23,24)16-10-15-18(25-11-12-4-2-1-3-5-12)26-17(27-19(15)30-16)13-6-8-14(9-7-13)20(28)29/h1-5,10,13-14H,6-9,11H2,(H,28,29)(H,25,26,27). The Labute approximate surface area is 175 Å². The number of nitrogens with zero attached hydrogens (tertiary/aromatic N) is 2. The number of fused-ring (bicyclic) bond motifs is 1. The summed E-state index contributed by atoms with van der Waals surface area (Å²) >= 11 is 0.613. The number of rotatable bonds is 5. The molecule has 4 rings (SSSR count). The predicted molar refractivity (Wildman–Crippen MR) is 109 cm³/mol. The number of hydrogen-bond donors (Lipinski definition) is 2. The molecule has 9 heteroatoms. The first kappa shape index (κ1) is 20.6. The van der Waals surface area contributed by atoms with Crippen molar-refractivity contribution in [1.82, 2.24) is 9.97 Å². The average Bonchev–Trinajstić information content (AvgIpc) is 3.18. The molecule has 1 saturated carbocycles. The molecule has 1 aromatic carbocycles. The largest absolute Gasteiger partial charge is 0.481 e. The summed E-state index contributed by atoms with van der Waals surface area (Å²) in [5.41, 5.74) is 0.985.